The number of aryl methyl sites for hydroxylation is 3. The van der Waals surface area contributed by atoms with E-state index >= 15 is 0 Å². The van der Waals surface area contributed by atoms with Gasteiger partial charge in [-0.05, 0) is 50.5 Å². The Bertz CT molecular complexity index is 642. The number of rotatable bonds is 5. The number of nitrogens with one attached hydrogen (secondary N) is 2. The predicted octanol–water partition coefficient (Wildman–Crippen LogP) is 3.48. The lowest BCUT2D eigenvalue weighted by Gasteiger charge is -2.12. The minimum absolute atomic E-state index is 0.246. The van der Waals surface area contributed by atoms with E-state index in [-0.39, 0.29) is 5.91 Å². The van der Waals surface area contributed by atoms with Gasteiger partial charge in [0.05, 0.1) is 0 Å². The number of nitrogens with zero attached hydrogens (tertiary/aromatic N) is 2. The lowest BCUT2D eigenvalue weighted by Crippen LogP contribution is -2.16. The molecule has 2 aromatic rings. The Kier molecular flexibility index (Phi) is 5.09. The molecule has 1 aromatic heterocycles. The second-order valence-electron chi connectivity index (χ2n) is 5.46. The zero-order valence-corrected chi connectivity index (χ0v) is 13.5. The fourth-order valence-electron chi connectivity index (χ4n) is 2.36. The smallest absolute Gasteiger partial charge is 0.276 e. The molecule has 0 aliphatic carbocycles. The monoisotopic (exact) mass is 298 g/mol. The van der Waals surface area contributed by atoms with Gasteiger partial charge in [-0.15, -0.1) is 10.2 Å². The number of anilines is 2. The van der Waals surface area contributed by atoms with Gasteiger partial charge >= 0.3 is 0 Å². The van der Waals surface area contributed by atoms with E-state index in [4.69, 9.17) is 0 Å². The maximum atomic E-state index is 12.3. The van der Waals surface area contributed by atoms with Gasteiger partial charge in [0.15, 0.2) is 5.69 Å². The molecule has 0 unspecified atom stereocenters. The fourth-order valence-corrected chi connectivity index (χ4v) is 2.36. The van der Waals surface area contributed by atoms with Crippen LogP contribution >= 0.6 is 0 Å². The lowest BCUT2D eigenvalue weighted by atomic mass is 10.1. The van der Waals surface area contributed by atoms with Gasteiger partial charge in [0.2, 0.25) is 0 Å². The average molecular weight is 298 g/mol. The van der Waals surface area contributed by atoms with E-state index < -0.39 is 0 Å². The van der Waals surface area contributed by atoms with Crippen LogP contribution in [0.5, 0.6) is 0 Å². The molecular formula is C17H22N4O. The van der Waals surface area contributed by atoms with Crippen LogP contribution < -0.4 is 10.6 Å². The summed E-state index contributed by atoms with van der Waals surface area (Å²) < 4.78 is 0. The molecule has 0 saturated heterocycles. The third kappa shape index (κ3) is 3.81. The molecule has 0 atom stereocenters. The molecule has 1 amide bonds. The predicted molar refractivity (Wildman–Crippen MR) is 89.4 cm³/mol. The average Bonchev–Trinajstić information content (AvgIpc) is 2.49. The van der Waals surface area contributed by atoms with E-state index in [2.05, 4.69) is 27.8 Å². The van der Waals surface area contributed by atoms with E-state index in [0.29, 0.717) is 11.5 Å². The van der Waals surface area contributed by atoms with Gasteiger partial charge in [-0.2, -0.15) is 0 Å². The van der Waals surface area contributed by atoms with E-state index in [0.717, 1.165) is 29.8 Å². The first-order valence-electron chi connectivity index (χ1n) is 7.48. The van der Waals surface area contributed by atoms with Gasteiger partial charge in [-0.3, -0.25) is 4.79 Å². The number of carbonyl (C=O) groups excluding carboxylic acids is 1. The Labute approximate surface area is 131 Å². The van der Waals surface area contributed by atoms with E-state index in [1.807, 2.05) is 32.9 Å². The molecule has 116 valence electrons. The number of hydrogen-bond acceptors (Lipinski definition) is 4. The molecule has 2 rings (SSSR count). The van der Waals surface area contributed by atoms with Crippen LogP contribution in [0.3, 0.4) is 0 Å². The summed E-state index contributed by atoms with van der Waals surface area (Å²) in [6.45, 7) is 8.92. The van der Waals surface area contributed by atoms with Crippen molar-refractivity contribution in [3.63, 3.8) is 0 Å². The van der Waals surface area contributed by atoms with Crippen molar-refractivity contribution < 1.29 is 4.79 Å². The molecule has 0 spiro atoms. The maximum Gasteiger partial charge on any atom is 0.276 e. The third-order valence-electron chi connectivity index (χ3n) is 3.37. The van der Waals surface area contributed by atoms with Crippen LogP contribution in [0.1, 0.15) is 40.5 Å². The molecule has 0 aliphatic heterocycles. The quantitative estimate of drug-likeness (QED) is 0.887. The summed E-state index contributed by atoms with van der Waals surface area (Å²) in [7, 11) is 0. The molecule has 5 heteroatoms. The number of hydrogen-bond donors (Lipinski definition) is 2. The van der Waals surface area contributed by atoms with Gasteiger partial charge in [0.25, 0.3) is 5.91 Å². The van der Waals surface area contributed by atoms with Gasteiger partial charge < -0.3 is 10.6 Å². The van der Waals surface area contributed by atoms with E-state index in [1.54, 1.807) is 12.1 Å². The Morgan fingerprint density at radius 2 is 1.77 bits per heavy atom. The summed E-state index contributed by atoms with van der Waals surface area (Å²) in [4.78, 5) is 12.3. The van der Waals surface area contributed by atoms with Gasteiger partial charge in [0.1, 0.15) is 5.82 Å². The van der Waals surface area contributed by atoms with Crippen LogP contribution in [0, 0.1) is 20.8 Å². The minimum atomic E-state index is -0.246. The summed E-state index contributed by atoms with van der Waals surface area (Å²) in [5, 5.41) is 14.0. The van der Waals surface area contributed by atoms with Crippen molar-refractivity contribution in [1.29, 1.82) is 0 Å². The zero-order chi connectivity index (χ0) is 16.1. The first-order valence-corrected chi connectivity index (χ1v) is 7.48. The molecule has 0 aliphatic rings. The van der Waals surface area contributed by atoms with Crippen LogP contribution in [-0.4, -0.2) is 22.6 Å². The zero-order valence-electron chi connectivity index (χ0n) is 13.5. The normalized spacial score (nSPS) is 10.4. The first-order chi connectivity index (χ1) is 10.5. The standard InChI is InChI=1S/C17H22N4O/c1-5-8-18-15-7-6-14(20-21-15)17(22)19-16-12(3)9-11(2)10-13(16)4/h6-7,9-10H,5,8H2,1-4H3,(H,18,21)(H,19,22). The Balaban J connectivity index is 2.12. The highest BCUT2D eigenvalue weighted by Gasteiger charge is 2.12. The van der Waals surface area contributed by atoms with Crippen LogP contribution in [0.4, 0.5) is 11.5 Å². The number of carbonyl (C=O) groups is 1. The van der Waals surface area contributed by atoms with Crippen molar-refractivity contribution in [2.45, 2.75) is 34.1 Å². The van der Waals surface area contributed by atoms with E-state index in [1.165, 1.54) is 5.56 Å². The molecule has 1 aromatic carbocycles. The molecule has 22 heavy (non-hydrogen) atoms. The minimum Gasteiger partial charge on any atom is -0.369 e. The van der Waals surface area contributed by atoms with Gasteiger partial charge in [-0.25, -0.2) is 0 Å². The number of amides is 1. The Morgan fingerprint density at radius 1 is 1.09 bits per heavy atom. The second-order valence-corrected chi connectivity index (χ2v) is 5.46. The first kappa shape index (κ1) is 15.9. The summed E-state index contributed by atoms with van der Waals surface area (Å²) in [5.74, 6) is 0.436. The van der Waals surface area contributed by atoms with Crippen molar-refractivity contribution in [2.24, 2.45) is 0 Å². The van der Waals surface area contributed by atoms with E-state index in [9.17, 15) is 4.79 Å². The van der Waals surface area contributed by atoms with Crippen molar-refractivity contribution in [3.8, 4) is 0 Å². The Morgan fingerprint density at radius 3 is 2.32 bits per heavy atom. The van der Waals surface area contributed by atoms with Crippen LogP contribution in [0.15, 0.2) is 24.3 Å². The molecule has 1 heterocycles. The summed E-state index contributed by atoms with van der Waals surface area (Å²) in [6, 6.07) is 7.55. The molecule has 0 saturated carbocycles. The van der Waals surface area contributed by atoms with Crippen molar-refractivity contribution in [2.75, 3.05) is 17.2 Å². The highest BCUT2D eigenvalue weighted by Crippen LogP contribution is 2.22. The van der Waals surface area contributed by atoms with Crippen molar-refractivity contribution in [1.82, 2.24) is 10.2 Å². The third-order valence-corrected chi connectivity index (χ3v) is 3.37. The summed E-state index contributed by atoms with van der Waals surface area (Å²) >= 11 is 0. The number of aromatic nitrogens is 2. The van der Waals surface area contributed by atoms with Gasteiger partial charge in [-0.1, -0.05) is 24.6 Å². The van der Waals surface area contributed by atoms with Crippen LogP contribution in [-0.2, 0) is 0 Å². The molecule has 2 N–H and O–H groups in total. The number of benzene rings is 1. The summed E-state index contributed by atoms with van der Waals surface area (Å²) in [5.41, 5.74) is 4.41. The van der Waals surface area contributed by atoms with Crippen LogP contribution in [0.2, 0.25) is 0 Å². The van der Waals surface area contributed by atoms with Gasteiger partial charge in [0, 0.05) is 12.2 Å². The summed E-state index contributed by atoms with van der Waals surface area (Å²) in [6.07, 6.45) is 1.01. The maximum absolute atomic E-state index is 12.3. The molecule has 0 bridgehead atoms. The molecule has 0 fully saturated rings. The highest BCUT2D eigenvalue weighted by molar-refractivity contribution is 6.03. The van der Waals surface area contributed by atoms with Crippen molar-refractivity contribution in [3.05, 3.63) is 46.6 Å². The topological polar surface area (TPSA) is 66.9 Å². The largest absolute Gasteiger partial charge is 0.369 e. The molecular weight excluding hydrogens is 276 g/mol. The molecule has 0 radical (unpaired) electrons. The molecule has 5 nitrogen and oxygen atoms in total. The fraction of sp³-hybridized carbons (Fsp3) is 0.353. The second kappa shape index (κ2) is 7.02. The SMILES string of the molecule is CCCNc1ccc(C(=O)Nc2c(C)cc(C)cc2C)nn1. The lowest BCUT2D eigenvalue weighted by molar-refractivity contribution is 0.102. The van der Waals surface area contributed by atoms with Crippen LogP contribution in [0.25, 0.3) is 0 Å². The Hall–Kier alpha value is -2.43. The highest BCUT2D eigenvalue weighted by atomic mass is 16.1. The van der Waals surface area contributed by atoms with Crippen molar-refractivity contribution >= 4 is 17.4 Å².